The minimum Gasteiger partial charge on any atom is -0.347 e. The second-order valence-electron chi connectivity index (χ2n) is 20.9. The lowest BCUT2D eigenvalue weighted by molar-refractivity contribution is -0.146. The van der Waals surface area contributed by atoms with Crippen molar-refractivity contribution in [2.75, 3.05) is 19.6 Å². The first-order chi connectivity index (χ1) is 26.9. The molecule has 0 bridgehead atoms. The summed E-state index contributed by atoms with van der Waals surface area (Å²) < 4.78 is 0. The van der Waals surface area contributed by atoms with E-state index in [4.69, 9.17) is 0 Å². The van der Waals surface area contributed by atoms with Gasteiger partial charge in [0.1, 0.15) is 18.1 Å². The summed E-state index contributed by atoms with van der Waals surface area (Å²) in [5, 5.41) is 12.1. The molecule has 0 radical (unpaired) electrons. The molecular weight excluding hydrogens is 721 g/mol. The first-order valence-electron chi connectivity index (χ1n) is 22.7. The lowest BCUT2D eigenvalue weighted by Crippen LogP contribution is -2.63. The number of piperidine rings is 1. The molecule has 0 aromatic rings. The van der Waals surface area contributed by atoms with Crippen molar-refractivity contribution in [1.29, 1.82) is 0 Å². The SMILES string of the molecule is CCC[C@H](NC(=O)[C@@H]1C[C@@]2(CN1C(=O)[C@@H](NC(=O)C(NC(=O)[C@@H]1CCCCN1CC(C)C)C1CCCCC1)C(C)(C)C)C(C)(C)C21CCC1)C(=O)C(=O)NC1CC1. The first kappa shape index (κ1) is 43.6. The molecule has 2 saturated heterocycles. The van der Waals surface area contributed by atoms with Crippen LogP contribution in [0.15, 0.2) is 0 Å². The van der Waals surface area contributed by atoms with E-state index in [1.165, 1.54) is 0 Å². The molecule has 6 rings (SSSR count). The number of likely N-dealkylation sites (tertiary alicyclic amines) is 2. The van der Waals surface area contributed by atoms with Crippen molar-refractivity contribution in [3.05, 3.63) is 0 Å². The molecule has 57 heavy (non-hydrogen) atoms. The molecule has 2 spiro atoms. The van der Waals surface area contributed by atoms with Gasteiger partial charge in [0.25, 0.3) is 5.91 Å². The second kappa shape index (κ2) is 16.9. The molecule has 320 valence electrons. The Kier molecular flexibility index (Phi) is 12.9. The molecule has 12 heteroatoms. The van der Waals surface area contributed by atoms with Crippen LogP contribution in [0.3, 0.4) is 0 Å². The zero-order valence-electron chi connectivity index (χ0n) is 36.4. The van der Waals surface area contributed by atoms with E-state index in [1.54, 1.807) is 4.90 Å². The predicted octanol–water partition coefficient (Wildman–Crippen LogP) is 5.02. The molecule has 6 fully saturated rings. The van der Waals surface area contributed by atoms with Crippen molar-refractivity contribution < 1.29 is 28.8 Å². The summed E-state index contributed by atoms with van der Waals surface area (Å²) in [5.41, 5.74) is -1.04. The lowest BCUT2D eigenvalue weighted by atomic mass is 9.73. The fourth-order valence-electron chi connectivity index (χ4n) is 11.7. The maximum absolute atomic E-state index is 15.2. The number of hydrogen-bond donors (Lipinski definition) is 4. The van der Waals surface area contributed by atoms with Gasteiger partial charge in [-0.2, -0.15) is 0 Å². The van der Waals surface area contributed by atoms with Crippen LogP contribution < -0.4 is 21.3 Å². The molecule has 12 nitrogen and oxygen atoms in total. The van der Waals surface area contributed by atoms with Gasteiger partial charge in [0, 0.05) is 24.5 Å². The van der Waals surface area contributed by atoms with Gasteiger partial charge in [0.05, 0.1) is 12.1 Å². The van der Waals surface area contributed by atoms with Gasteiger partial charge in [0.15, 0.2) is 0 Å². The average molecular weight is 795 g/mol. The average Bonchev–Trinajstić information content (AvgIpc) is 3.96. The van der Waals surface area contributed by atoms with Crippen molar-refractivity contribution in [3.63, 3.8) is 0 Å². The van der Waals surface area contributed by atoms with E-state index >= 15 is 4.79 Å². The molecule has 4 saturated carbocycles. The Hall–Kier alpha value is -3.02. The topological polar surface area (TPSA) is 157 Å². The zero-order chi connectivity index (χ0) is 41.5. The fraction of sp³-hybridized carbons (Fsp3) is 0.867. The second-order valence-corrected chi connectivity index (χ2v) is 20.9. The van der Waals surface area contributed by atoms with Crippen LogP contribution in [-0.2, 0) is 28.8 Å². The van der Waals surface area contributed by atoms with E-state index in [0.717, 1.165) is 96.6 Å². The molecule has 0 aromatic carbocycles. The first-order valence-corrected chi connectivity index (χ1v) is 22.7. The predicted molar refractivity (Wildman–Crippen MR) is 220 cm³/mol. The number of carbonyl (C=O) groups is 6. The van der Waals surface area contributed by atoms with Gasteiger partial charge in [-0.05, 0) is 98.8 Å². The highest BCUT2D eigenvalue weighted by molar-refractivity contribution is 6.38. The Morgan fingerprint density at radius 1 is 0.772 bits per heavy atom. The molecule has 6 atom stereocenters. The monoisotopic (exact) mass is 795 g/mol. The standard InChI is InChI=1S/C45H74N6O6/c1-9-16-31(35(52)40(56)46-30-20-21-30)47-38(54)33-25-45(43(7,8)44(45)22-15-23-44)27-51(33)41(57)36(42(4,5)6)49-39(55)34(29-17-11-10-12-18-29)48-37(53)32-19-13-14-24-50(32)26-28(2)3/h28-34,36H,9-27H2,1-8H3,(H,46,56)(H,47,54)(H,48,53)(H,49,55)/t31-,32-,33-,34?,36+,45+/m0/s1. The normalized spacial score (nSPS) is 28.6. The van der Waals surface area contributed by atoms with E-state index in [2.05, 4.69) is 53.9 Å². The smallest absolute Gasteiger partial charge is 0.289 e. The highest BCUT2D eigenvalue weighted by atomic mass is 16.2. The largest absolute Gasteiger partial charge is 0.347 e. The number of nitrogens with one attached hydrogen (secondary N) is 4. The van der Waals surface area contributed by atoms with Crippen molar-refractivity contribution >= 4 is 35.3 Å². The molecular formula is C45H74N6O6. The van der Waals surface area contributed by atoms with Crippen molar-refractivity contribution in [2.45, 2.75) is 194 Å². The summed E-state index contributed by atoms with van der Waals surface area (Å²) in [6.45, 7) is 18.6. The Bertz CT molecular complexity index is 1540. The van der Waals surface area contributed by atoms with Crippen LogP contribution >= 0.6 is 0 Å². The molecule has 2 heterocycles. The Labute approximate surface area is 341 Å². The van der Waals surface area contributed by atoms with E-state index in [1.807, 2.05) is 27.7 Å². The molecule has 4 aliphatic carbocycles. The molecule has 6 aliphatic rings. The quantitative estimate of drug-likeness (QED) is 0.170. The number of Topliss-reactive ketones (excluding diaryl/α,β-unsaturated/α-hetero) is 1. The molecule has 1 unspecified atom stereocenters. The number of fused-ring (bicyclic) bond motifs is 1. The Balaban J connectivity index is 1.25. The third-order valence-corrected chi connectivity index (χ3v) is 15.4. The van der Waals surface area contributed by atoms with Gasteiger partial charge in [-0.3, -0.25) is 33.7 Å². The van der Waals surface area contributed by atoms with Crippen LogP contribution in [0.5, 0.6) is 0 Å². The van der Waals surface area contributed by atoms with Gasteiger partial charge in [-0.15, -0.1) is 0 Å². The van der Waals surface area contributed by atoms with Crippen LogP contribution in [0, 0.1) is 33.5 Å². The van der Waals surface area contributed by atoms with Crippen molar-refractivity contribution in [2.24, 2.45) is 33.5 Å². The Morgan fingerprint density at radius 2 is 1.42 bits per heavy atom. The summed E-state index contributed by atoms with van der Waals surface area (Å²) in [6.07, 6.45) is 13.8. The highest BCUT2D eigenvalue weighted by Gasteiger charge is 2.85. The van der Waals surface area contributed by atoms with Crippen LogP contribution in [0.4, 0.5) is 0 Å². The maximum Gasteiger partial charge on any atom is 0.289 e. The maximum atomic E-state index is 15.2. The lowest BCUT2D eigenvalue weighted by Gasteiger charge is -2.39. The highest BCUT2D eigenvalue weighted by Crippen LogP contribution is 2.88. The summed E-state index contributed by atoms with van der Waals surface area (Å²) >= 11 is 0. The van der Waals surface area contributed by atoms with Crippen LogP contribution in [0.2, 0.25) is 0 Å². The fourth-order valence-corrected chi connectivity index (χ4v) is 11.7. The number of carbonyl (C=O) groups excluding carboxylic acids is 6. The summed E-state index contributed by atoms with van der Waals surface area (Å²) in [5.74, 6) is -2.15. The third-order valence-electron chi connectivity index (χ3n) is 15.4. The number of amides is 5. The summed E-state index contributed by atoms with van der Waals surface area (Å²) in [7, 11) is 0. The number of ketones is 1. The third kappa shape index (κ3) is 8.54. The van der Waals surface area contributed by atoms with Crippen molar-refractivity contribution in [1.82, 2.24) is 31.1 Å². The number of rotatable bonds is 15. The van der Waals surface area contributed by atoms with Gasteiger partial charge >= 0.3 is 0 Å². The van der Waals surface area contributed by atoms with Crippen LogP contribution in [0.1, 0.15) is 158 Å². The zero-order valence-corrected chi connectivity index (χ0v) is 36.4. The Morgan fingerprint density at radius 3 is 1.98 bits per heavy atom. The molecule has 5 amide bonds. The summed E-state index contributed by atoms with van der Waals surface area (Å²) in [4.78, 5) is 88.7. The van der Waals surface area contributed by atoms with E-state index in [0.29, 0.717) is 31.7 Å². The van der Waals surface area contributed by atoms with Gasteiger partial charge in [0.2, 0.25) is 29.4 Å². The molecule has 0 aromatic heterocycles. The van der Waals surface area contributed by atoms with Gasteiger partial charge in [-0.25, -0.2) is 0 Å². The number of nitrogens with zero attached hydrogens (tertiary/aromatic N) is 2. The van der Waals surface area contributed by atoms with Crippen LogP contribution in [0.25, 0.3) is 0 Å². The minimum atomic E-state index is -0.988. The van der Waals surface area contributed by atoms with Gasteiger partial charge in [-0.1, -0.05) is 93.9 Å². The molecule has 2 aliphatic heterocycles. The van der Waals surface area contributed by atoms with E-state index in [9.17, 15) is 24.0 Å². The number of hydrogen-bond acceptors (Lipinski definition) is 7. The minimum absolute atomic E-state index is 0.0143. The van der Waals surface area contributed by atoms with Gasteiger partial charge < -0.3 is 26.2 Å². The van der Waals surface area contributed by atoms with E-state index < -0.39 is 47.2 Å². The van der Waals surface area contributed by atoms with E-state index in [-0.39, 0.29) is 52.0 Å². The van der Waals surface area contributed by atoms with Crippen LogP contribution in [-0.4, -0.2) is 101 Å². The molecule has 4 N–H and O–H groups in total. The summed E-state index contributed by atoms with van der Waals surface area (Å²) in [6, 6.07) is -3.86. The van der Waals surface area contributed by atoms with Crippen molar-refractivity contribution in [3.8, 4) is 0 Å².